The molecule has 0 atom stereocenters. The van der Waals surface area contributed by atoms with Crippen LogP contribution >= 0.6 is 23.5 Å². The highest BCUT2D eigenvalue weighted by molar-refractivity contribution is 7.98. The lowest BCUT2D eigenvalue weighted by molar-refractivity contribution is 0.828. The Balaban J connectivity index is 1.91. The van der Waals surface area contributed by atoms with Gasteiger partial charge in [0.15, 0.2) is 0 Å². The second-order valence-corrected chi connectivity index (χ2v) is 5.29. The molecular weight excluding hydrogens is 228 g/mol. The van der Waals surface area contributed by atoms with Crippen molar-refractivity contribution in [2.24, 2.45) is 10.3 Å². The van der Waals surface area contributed by atoms with Crippen LogP contribution in [0.1, 0.15) is 12.8 Å². The first kappa shape index (κ1) is 9.55. The first-order chi connectivity index (χ1) is 7.33. The van der Waals surface area contributed by atoms with Crippen LogP contribution in [0.25, 0.3) is 0 Å². The van der Waals surface area contributed by atoms with Gasteiger partial charge in [-0.1, -0.05) is 11.6 Å². The van der Waals surface area contributed by atoms with Gasteiger partial charge >= 0.3 is 0 Å². The summed E-state index contributed by atoms with van der Waals surface area (Å²) < 4.78 is 4.28. The molecule has 0 spiro atoms. The van der Waals surface area contributed by atoms with E-state index in [2.05, 4.69) is 15.4 Å². The number of hydrogen-bond donors (Lipinski definition) is 0. The van der Waals surface area contributed by atoms with Crippen LogP contribution in [-0.2, 0) is 0 Å². The van der Waals surface area contributed by atoms with Crippen LogP contribution in [0.5, 0.6) is 0 Å². The van der Waals surface area contributed by atoms with Gasteiger partial charge in [-0.25, -0.2) is 4.40 Å². The van der Waals surface area contributed by atoms with Gasteiger partial charge in [-0.2, -0.15) is 0 Å². The van der Waals surface area contributed by atoms with Crippen molar-refractivity contribution in [3.8, 4) is 0 Å². The average Bonchev–Trinajstić information content (AvgIpc) is 3.01. The van der Waals surface area contributed by atoms with Crippen molar-refractivity contribution < 1.29 is 0 Å². The van der Waals surface area contributed by atoms with Crippen LogP contribution in [-0.4, -0.2) is 12.9 Å². The summed E-state index contributed by atoms with van der Waals surface area (Å²) in [6.45, 7) is 1.10. The third-order valence-corrected chi connectivity index (χ3v) is 3.68. The fourth-order valence-corrected chi connectivity index (χ4v) is 2.69. The van der Waals surface area contributed by atoms with Crippen molar-refractivity contribution in [3.05, 3.63) is 23.2 Å². The maximum atomic E-state index is 5.96. The fraction of sp³-hybridized carbons (Fsp3) is 0.364. The topological polar surface area (TPSA) is 15.6 Å². The summed E-state index contributed by atoms with van der Waals surface area (Å²) in [5.74, 6) is 0.864. The maximum Gasteiger partial charge on any atom is 0.104 e. The molecule has 2 aliphatic rings. The molecule has 1 saturated carbocycles. The second-order valence-electron chi connectivity index (χ2n) is 4.02. The van der Waals surface area contributed by atoms with Gasteiger partial charge < -0.3 is 4.90 Å². The van der Waals surface area contributed by atoms with E-state index < -0.39 is 0 Å². The molecular formula is C11H11ClN2S. The number of halogens is 1. The molecule has 0 saturated heterocycles. The molecule has 1 aromatic rings. The smallest absolute Gasteiger partial charge is 0.104 e. The largest absolute Gasteiger partial charge is 0.331 e. The van der Waals surface area contributed by atoms with E-state index in [9.17, 15) is 0 Å². The highest BCUT2D eigenvalue weighted by atomic mass is 35.5. The molecule has 0 radical (unpaired) electrons. The van der Waals surface area contributed by atoms with E-state index in [0.717, 1.165) is 22.4 Å². The monoisotopic (exact) mass is 238 g/mol. The van der Waals surface area contributed by atoms with Crippen LogP contribution in [0.3, 0.4) is 0 Å². The zero-order chi connectivity index (χ0) is 10.3. The van der Waals surface area contributed by atoms with Gasteiger partial charge in [0.25, 0.3) is 0 Å². The minimum absolute atomic E-state index is 0.782. The number of fused-ring (bicyclic) bond motifs is 1. The van der Waals surface area contributed by atoms with E-state index in [0.29, 0.717) is 0 Å². The Hall–Kier alpha value is -0.670. The van der Waals surface area contributed by atoms with Crippen molar-refractivity contribution >= 4 is 35.6 Å². The first-order valence-electron chi connectivity index (χ1n) is 5.09. The lowest BCUT2D eigenvalue weighted by Crippen LogP contribution is -2.25. The van der Waals surface area contributed by atoms with Gasteiger partial charge in [-0.3, -0.25) is 0 Å². The van der Waals surface area contributed by atoms with Gasteiger partial charge in [0, 0.05) is 23.5 Å². The molecule has 1 aromatic carbocycles. The van der Waals surface area contributed by atoms with Gasteiger partial charge in [0.05, 0.1) is 10.6 Å². The molecule has 2 nitrogen and oxygen atoms in total. The SMILES string of the molecule is Clc1ccc2c(c1)SN=CN2CC1CC1. The Morgan fingerprint density at radius 3 is 3.13 bits per heavy atom. The van der Waals surface area contributed by atoms with E-state index in [-0.39, 0.29) is 0 Å². The Bertz CT molecular complexity index is 415. The maximum absolute atomic E-state index is 5.96. The third-order valence-electron chi connectivity index (χ3n) is 2.72. The summed E-state index contributed by atoms with van der Waals surface area (Å²) >= 11 is 7.46. The predicted octanol–water partition coefficient (Wildman–Crippen LogP) is 3.61. The van der Waals surface area contributed by atoms with Crippen molar-refractivity contribution in [1.82, 2.24) is 0 Å². The van der Waals surface area contributed by atoms with E-state index in [1.807, 2.05) is 18.5 Å². The molecule has 3 rings (SSSR count). The molecule has 1 fully saturated rings. The summed E-state index contributed by atoms with van der Waals surface area (Å²) in [6.07, 6.45) is 4.65. The fourth-order valence-electron chi connectivity index (χ4n) is 1.72. The molecule has 0 aromatic heterocycles. The summed E-state index contributed by atoms with van der Waals surface area (Å²) in [6, 6.07) is 6.01. The van der Waals surface area contributed by atoms with Gasteiger partial charge in [-0.05, 0) is 37.0 Å². The molecule has 1 aliphatic heterocycles. The third kappa shape index (κ3) is 1.99. The van der Waals surface area contributed by atoms with Gasteiger partial charge in [-0.15, -0.1) is 0 Å². The quantitative estimate of drug-likeness (QED) is 0.732. The molecule has 1 heterocycles. The lowest BCUT2D eigenvalue weighted by atomic mass is 10.2. The normalized spacial score (nSPS) is 19.1. The molecule has 0 N–H and O–H groups in total. The Kier molecular flexibility index (Phi) is 2.37. The lowest BCUT2D eigenvalue weighted by Gasteiger charge is -2.24. The predicted molar refractivity (Wildman–Crippen MR) is 65.9 cm³/mol. The van der Waals surface area contributed by atoms with Crippen LogP contribution in [0.2, 0.25) is 5.02 Å². The van der Waals surface area contributed by atoms with Gasteiger partial charge in [0.1, 0.15) is 6.34 Å². The minimum Gasteiger partial charge on any atom is -0.331 e. The van der Waals surface area contributed by atoms with Gasteiger partial charge in [0.2, 0.25) is 0 Å². The summed E-state index contributed by atoms with van der Waals surface area (Å²) in [4.78, 5) is 3.39. The minimum atomic E-state index is 0.782. The number of rotatable bonds is 2. The summed E-state index contributed by atoms with van der Waals surface area (Å²) in [5.41, 5.74) is 1.24. The average molecular weight is 239 g/mol. The molecule has 1 aliphatic carbocycles. The highest BCUT2D eigenvalue weighted by Gasteiger charge is 2.26. The van der Waals surface area contributed by atoms with Crippen molar-refractivity contribution in [2.75, 3.05) is 11.4 Å². The highest BCUT2D eigenvalue weighted by Crippen LogP contribution is 2.38. The van der Waals surface area contributed by atoms with Crippen LogP contribution in [0, 0.1) is 5.92 Å². The van der Waals surface area contributed by atoms with Crippen molar-refractivity contribution in [1.29, 1.82) is 0 Å². The zero-order valence-electron chi connectivity index (χ0n) is 8.19. The van der Waals surface area contributed by atoms with E-state index in [1.54, 1.807) is 0 Å². The Morgan fingerprint density at radius 1 is 1.47 bits per heavy atom. The molecule has 4 heteroatoms. The van der Waals surface area contributed by atoms with Crippen molar-refractivity contribution in [2.45, 2.75) is 17.7 Å². The van der Waals surface area contributed by atoms with E-state index in [4.69, 9.17) is 11.6 Å². The number of hydrogen-bond acceptors (Lipinski definition) is 3. The Morgan fingerprint density at radius 2 is 2.33 bits per heavy atom. The summed E-state index contributed by atoms with van der Waals surface area (Å²) in [5, 5.41) is 0.782. The number of benzene rings is 1. The second kappa shape index (κ2) is 3.72. The molecule has 0 bridgehead atoms. The van der Waals surface area contributed by atoms with Crippen molar-refractivity contribution in [3.63, 3.8) is 0 Å². The zero-order valence-corrected chi connectivity index (χ0v) is 9.76. The molecule has 0 amide bonds. The van der Waals surface area contributed by atoms with Crippen LogP contribution in [0.4, 0.5) is 5.69 Å². The first-order valence-corrected chi connectivity index (χ1v) is 6.25. The number of anilines is 1. The molecule has 15 heavy (non-hydrogen) atoms. The number of nitrogens with zero attached hydrogens (tertiary/aromatic N) is 2. The van der Waals surface area contributed by atoms with Crippen LogP contribution in [0.15, 0.2) is 27.5 Å². The van der Waals surface area contributed by atoms with E-state index >= 15 is 0 Å². The van der Waals surface area contributed by atoms with Crippen LogP contribution < -0.4 is 4.90 Å². The summed E-state index contributed by atoms with van der Waals surface area (Å²) in [7, 11) is 0. The Labute approximate surface area is 98.5 Å². The standard InChI is InChI=1S/C11H11ClN2S/c12-9-3-4-10-11(5-9)15-13-7-14(10)6-8-1-2-8/h3-5,7-8H,1-2,6H2. The van der Waals surface area contributed by atoms with E-state index in [1.165, 1.54) is 30.5 Å². The molecule has 0 unspecified atom stereocenters. The molecule has 78 valence electrons.